The average Bonchev–Trinajstić information content (AvgIpc) is 3.06. The molecule has 0 fully saturated rings. The van der Waals surface area contributed by atoms with Crippen LogP contribution >= 0.6 is 34.5 Å². The minimum atomic E-state index is -1.12. The summed E-state index contributed by atoms with van der Waals surface area (Å²) in [6, 6.07) is 5.93. The summed E-state index contributed by atoms with van der Waals surface area (Å²) < 4.78 is 5.65. The van der Waals surface area contributed by atoms with Gasteiger partial charge in [-0.25, -0.2) is 9.78 Å². The van der Waals surface area contributed by atoms with E-state index in [1.54, 1.807) is 6.07 Å². The second kappa shape index (κ2) is 8.39. The van der Waals surface area contributed by atoms with Crippen molar-refractivity contribution >= 4 is 62.3 Å². The van der Waals surface area contributed by atoms with Gasteiger partial charge in [-0.3, -0.25) is 10.1 Å². The van der Waals surface area contributed by atoms with Crippen molar-refractivity contribution in [2.75, 3.05) is 25.5 Å². The van der Waals surface area contributed by atoms with Gasteiger partial charge in [-0.05, 0) is 43.1 Å². The highest BCUT2D eigenvalue weighted by atomic mass is 35.5. The summed E-state index contributed by atoms with van der Waals surface area (Å²) in [5.41, 5.74) is 0.988. The molecule has 0 unspecified atom stereocenters. The van der Waals surface area contributed by atoms with Crippen molar-refractivity contribution in [2.24, 2.45) is 0 Å². The number of carboxylic acids is 1. The van der Waals surface area contributed by atoms with Crippen LogP contribution in [-0.2, 0) is 17.8 Å². The summed E-state index contributed by atoms with van der Waals surface area (Å²) >= 11 is 13.8. The first-order valence-corrected chi connectivity index (χ1v) is 10.6. The Hall–Kier alpha value is -2.39. The van der Waals surface area contributed by atoms with Crippen molar-refractivity contribution in [3.8, 4) is 5.75 Å². The Morgan fingerprint density at radius 1 is 1.30 bits per heavy atom. The van der Waals surface area contributed by atoms with Crippen LogP contribution in [0.25, 0.3) is 10.8 Å². The van der Waals surface area contributed by atoms with Gasteiger partial charge in [-0.1, -0.05) is 23.2 Å². The molecule has 0 atom stereocenters. The summed E-state index contributed by atoms with van der Waals surface area (Å²) in [5, 5.41) is 14.3. The molecule has 7 nitrogen and oxygen atoms in total. The number of nitrogens with one attached hydrogen (secondary N) is 1. The number of aromatic nitrogens is 1. The zero-order valence-corrected chi connectivity index (χ0v) is 18.2. The number of thiazole rings is 1. The number of amides is 1. The van der Waals surface area contributed by atoms with Crippen molar-refractivity contribution in [3.63, 3.8) is 0 Å². The number of likely N-dealkylation sites (N-methyl/N-ethyl adjacent to an activating group) is 1. The summed E-state index contributed by atoms with van der Waals surface area (Å²) in [6.45, 7) is 1.40. The molecule has 0 saturated heterocycles. The first-order chi connectivity index (χ1) is 14.3. The highest BCUT2D eigenvalue weighted by Crippen LogP contribution is 2.36. The number of halogens is 2. The van der Waals surface area contributed by atoms with Crippen LogP contribution in [0.3, 0.4) is 0 Å². The Morgan fingerprint density at radius 3 is 2.87 bits per heavy atom. The lowest BCUT2D eigenvalue weighted by Crippen LogP contribution is -2.25. The Kier molecular flexibility index (Phi) is 5.84. The van der Waals surface area contributed by atoms with E-state index < -0.39 is 11.9 Å². The molecule has 1 aliphatic heterocycles. The lowest BCUT2D eigenvalue weighted by atomic mass is 10.1. The Labute approximate surface area is 186 Å². The fourth-order valence-electron chi connectivity index (χ4n) is 3.31. The number of aromatic carboxylic acids is 1. The number of fused-ring (bicyclic) bond motifs is 2. The molecule has 3 aromatic rings. The standard InChI is InChI=1S/C20H17Cl2N3O4S/c1-25-3-2-16-14(8-25)23-20(30-16)24-17(26)9-29-15-6-11(19(27)28)4-10-5-12(21)7-13(22)18(10)15/h4-7H,2-3,8-9H2,1H3,(H,27,28)(H,23,24,26). The number of nitrogens with zero attached hydrogens (tertiary/aromatic N) is 2. The molecular weight excluding hydrogens is 449 g/mol. The molecule has 2 aromatic carbocycles. The number of anilines is 1. The molecule has 2 heterocycles. The predicted molar refractivity (Wildman–Crippen MR) is 117 cm³/mol. The van der Waals surface area contributed by atoms with E-state index in [1.807, 2.05) is 7.05 Å². The fraction of sp³-hybridized carbons (Fsp3) is 0.250. The van der Waals surface area contributed by atoms with Crippen LogP contribution in [0.2, 0.25) is 10.0 Å². The lowest BCUT2D eigenvalue weighted by Gasteiger charge is -2.20. The van der Waals surface area contributed by atoms with E-state index >= 15 is 0 Å². The second-order valence-electron chi connectivity index (χ2n) is 6.98. The van der Waals surface area contributed by atoms with Gasteiger partial charge in [0.25, 0.3) is 5.91 Å². The van der Waals surface area contributed by atoms with Crippen molar-refractivity contribution in [1.29, 1.82) is 0 Å². The van der Waals surface area contributed by atoms with Gasteiger partial charge in [0, 0.05) is 28.4 Å². The number of carbonyl (C=O) groups excluding carboxylic acids is 1. The molecule has 10 heteroatoms. The molecule has 156 valence electrons. The van der Waals surface area contributed by atoms with Crippen LogP contribution in [0, 0.1) is 0 Å². The van der Waals surface area contributed by atoms with Gasteiger partial charge in [0.1, 0.15) is 5.75 Å². The van der Waals surface area contributed by atoms with Gasteiger partial charge < -0.3 is 14.7 Å². The van der Waals surface area contributed by atoms with E-state index in [9.17, 15) is 14.7 Å². The minimum absolute atomic E-state index is 0.00737. The number of benzene rings is 2. The third-order valence-corrected chi connectivity index (χ3v) is 6.29. The molecule has 0 spiro atoms. The van der Waals surface area contributed by atoms with Crippen LogP contribution in [0.5, 0.6) is 5.75 Å². The molecule has 0 saturated carbocycles. The third kappa shape index (κ3) is 4.37. The summed E-state index contributed by atoms with van der Waals surface area (Å²) in [7, 11) is 2.03. The van der Waals surface area contributed by atoms with E-state index in [2.05, 4.69) is 15.2 Å². The normalized spacial score (nSPS) is 13.8. The first kappa shape index (κ1) is 20.9. The Balaban J connectivity index is 1.53. The van der Waals surface area contributed by atoms with Gasteiger partial charge in [0.15, 0.2) is 11.7 Å². The molecule has 4 rings (SSSR count). The number of hydrogen-bond acceptors (Lipinski definition) is 6. The summed E-state index contributed by atoms with van der Waals surface area (Å²) in [5.74, 6) is -1.32. The number of ether oxygens (including phenoxy) is 1. The average molecular weight is 466 g/mol. The maximum Gasteiger partial charge on any atom is 0.335 e. The maximum atomic E-state index is 12.4. The topological polar surface area (TPSA) is 91.8 Å². The van der Waals surface area contributed by atoms with Gasteiger partial charge in [-0.2, -0.15) is 0 Å². The van der Waals surface area contributed by atoms with Gasteiger partial charge in [0.05, 0.1) is 16.3 Å². The molecule has 1 amide bonds. The molecule has 2 N–H and O–H groups in total. The van der Waals surface area contributed by atoms with Crippen molar-refractivity contribution in [1.82, 2.24) is 9.88 Å². The fourth-order valence-corrected chi connectivity index (χ4v) is 4.89. The highest BCUT2D eigenvalue weighted by molar-refractivity contribution is 7.15. The van der Waals surface area contributed by atoms with Gasteiger partial charge in [-0.15, -0.1) is 11.3 Å². The largest absolute Gasteiger partial charge is 0.483 e. The third-order valence-electron chi connectivity index (χ3n) is 4.70. The molecule has 0 radical (unpaired) electrons. The van der Waals surface area contributed by atoms with Crippen LogP contribution in [0.15, 0.2) is 24.3 Å². The molecule has 1 aliphatic rings. The summed E-state index contributed by atoms with van der Waals surface area (Å²) in [4.78, 5) is 31.7. The van der Waals surface area contributed by atoms with Gasteiger partial charge >= 0.3 is 5.97 Å². The quantitative estimate of drug-likeness (QED) is 0.583. The van der Waals surface area contributed by atoms with Crippen molar-refractivity contribution < 1.29 is 19.4 Å². The van der Waals surface area contributed by atoms with E-state index in [0.717, 1.165) is 25.2 Å². The molecule has 30 heavy (non-hydrogen) atoms. The van der Waals surface area contributed by atoms with Crippen LogP contribution < -0.4 is 10.1 Å². The van der Waals surface area contributed by atoms with Crippen molar-refractivity contribution in [3.05, 3.63) is 50.4 Å². The minimum Gasteiger partial charge on any atom is -0.483 e. The first-order valence-electron chi connectivity index (χ1n) is 9.06. The zero-order valence-electron chi connectivity index (χ0n) is 15.9. The SMILES string of the molecule is CN1CCc2sc(NC(=O)COc3cc(C(=O)O)cc4cc(Cl)cc(Cl)c34)nc2C1. The number of carboxylic acid groups (broad SMARTS) is 1. The van der Waals surface area contributed by atoms with Crippen LogP contribution in [0.1, 0.15) is 20.9 Å². The second-order valence-corrected chi connectivity index (χ2v) is 8.91. The van der Waals surface area contributed by atoms with E-state index in [4.69, 9.17) is 27.9 Å². The molecular formula is C20H17Cl2N3O4S. The van der Waals surface area contributed by atoms with E-state index in [-0.39, 0.29) is 17.9 Å². The monoisotopic (exact) mass is 465 g/mol. The predicted octanol–water partition coefficient (Wildman–Crippen LogP) is 4.31. The Morgan fingerprint density at radius 2 is 2.10 bits per heavy atom. The molecule has 0 aliphatic carbocycles. The lowest BCUT2D eigenvalue weighted by molar-refractivity contribution is -0.118. The molecule has 0 bridgehead atoms. The number of hydrogen-bond donors (Lipinski definition) is 2. The smallest absolute Gasteiger partial charge is 0.335 e. The van der Waals surface area contributed by atoms with Gasteiger partial charge in [0.2, 0.25) is 0 Å². The van der Waals surface area contributed by atoms with Crippen LogP contribution in [-0.4, -0.2) is 47.1 Å². The summed E-state index contributed by atoms with van der Waals surface area (Å²) in [6.07, 6.45) is 0.908. The maximum absolute atomic E-state index is 12.4. The van der Waals surface area contributed by atoms with E-state index in [1.165, 1.54) is 34.4 Å². The van der Waals surface area contributed by atoms with Crippen LogP contribution in [0.4, 0.5) is 5.13 Å². The number of carbonyl (C=O) groups is 2. The number of rotatable bonds is 5. The van der Waals surface area contributed by atoms with E-state index in [0.29, 0.717) is 25.9 Å². The van der Waals surface area contributed by atoms with Crippen molar-refractivity contribution in [2.45, 2.75) is 13.0 Å². The zero-order chi connectivity index (χ0) is 21.4. The Bertz CT molecular complexity index is 1160. The molecule has 1 aromatic heterocycles. The highest BCUT2D eigenvalue weighted by Gasteiger charge is 2.20.